The van der Waals surface area contributed by atoms with E-state index in [1.807, 2.05) is 0 Å². The van der Waals surface area contributed by atoms with Crippen LogP contribution in [0.25, 0.3) is 0 Å². The number of H-pyrrole nitrogens is 1. The number of ketones is 1. The molecule has 7 heteroatoms. The molecule has 0 spiro atoms. The third kappa shape index (κ3) is 1.56. The predicted octanol–water partition coefficient (Wildman–Crippen LogP) is 0.745. The molecular weight excluding hydrogens is 262 g/mol. The van der Waals surface area contributed by atoms with Crippen molar-refractivity contribution in [3.8, 4) is 11.6 Å². The number of methoxy groups -OCH3 is 1. The maximum absolute atomic E-state index is 12.4. The third-order valence-corrected chi connectivity index (χ3v) is 3.21. The Balaban J connectivity index is 2.15. The van der Waals surface area contributed by atoms with Crippen molar-refractivity contribution in [2.24, 2.45) is 12.0 Å². The fourth-order valence-corrected chi connectivity index (χ4v) is 2.16. The largest absolute Gasteiger partial charge is 0.497 e. The number of nitrogens with one attached hydrogen (secondary N) is 1. The Hall–Kier alpha value is -2.83. The highest BCUT2D eigenvalue weighted by Crippen LogP contribution is 2.32. The number of aromatic nitrogens is 2. The molecule has 3 rings (SSSR count). The molecule has 1 aromatic heterocycles. The summed E-state index contributed by atoms with van der Waals surface area (Å²) < 4.78 is 6.21. The highest BCUT2D eigenvalue weighted by Gasteiger charge is 2.31. The van der Waals surface area contributed by atoms with E-state index in [4.69, 9.17) is 4.74 Å². The van der Waals surface area contributed by atoms with E-state index in [1.165, 1.54) is 14.2 Å². The first-order chi connectivity index (χ1) is 9.52. The minimum absolute atomic E-state index is 0.0339. The van der Waals surface area contributed by atoms with Gasteiger partial charge in [0.2, 0.25) is 11.7 Å². The lowest BCUT2D eigenvalue weighted by Crippen LogP contribution is -2.20. The van der Waals surface area contributed by atoms with Gasteiger partial charge >= 0.3 is 5.69 Å². The molecule has 0 unspecified atom stereocenters. The topological polar surface area (TPSA) is 96.7 Å². The molecule has 20 heavy (non-hydrogen) atoms. The van der Waals surface area contributed by atoms with Crippen LogP contribution in [0.15, 0.2) is 28.0 Å². The van der Waals surface area contributed by atoms with Crippen molar-refractivity contribution in [2.75, 3.05) is 7.11 Å². The molecule has 0 saturated carbocycles. The highest BCUT2D eigenvalue weighted by atomic mass is 16.5. The van der Waals surface area contributed by atoms with Gasteiger partial charge in [0.25, 0.3) is 0 Å². The van der Waals surface area contributed by atoms with Crippen LogP contribution in [0.3, 0.4) is 0 Å². The van der Waals surface area contributed by atoms with E-state index in [-0.39, 0.29) is 23.1 Å². The second kappa shape index (κ2) is 4.09. The Morgan fingerprint density at radius 3 is 2.70 bits per heavy atom. The average Bonchev–Trinajstić information content (AvgIpc) is 2.87. The standard InChI is InChI=1S/C13H11N3O4/c1-16-10(12(18)15-13(16)19)9-11(17)7-5-6(20-2)3-4-8(7)14-9/h3-5,18H,1-2H3,(H,15,19). The molecule has 2 N–H and O–H groups in total. The summed E-state index contributed by atoms with van der Waals surface area (Å²) in [5.41, 5.74) is 0.467. The lowest BCUT2D eigenvalue weighted by molar-refractivity contribution is 0.106. The van der Waals surface area contributed by atoms with Gasteiger partial charge in [-0.05, 0) is 18.2 Å². The Morgan fingerprint density at radius 1 is 1.35 bits per heavy atom. The lowest BCUT2D eigenvalue weighted by atomic mass is 10.1. The van der Waals surface area contributed by atoms with E-state index in [1.54, 1.807) is 18.2 Å². The van der Waals surface area contributed by atoms with E-state index >= 15 is 0 Å². The second-order valence-corrected chi connectivity index (χ2v) is 4.36. The molecule has 0 bridgehead atoms. The number of aromatic amines is 1. The Bertz CT molecular complexity index is 814. The number of benzene rings is 1. The van der Waals surface area contributed by atoms with E-state index in [2.05, 4.69) is 9.98 Å². The van der Waals surface area contributed by atoms with Crippen LogP contribution >= 0.6 is 0 Å². The van der Waals surface area contributed by atoms with Crippen molar-refractivity contribution in [3.63, 3.8) is 0 Å². The van der Waals surface area contributed by atoms with Crippen molar-refractivity contribution in [3.05, 3.63) is 39.9 Å². The maximum Gasteiger partial charge on any atom is 0.328 e. The minimum atomic E-state index is -0.512. The summed E-state index contributed by atoms with van der Waals surface area (Å²) in [5, 5.41) is 9.74. The summed E-state index contributed by atoms with van der Waals surface area (Å²) >= 11 is 0. The van der Waals surface area contributed by atoms with Gasteiger partial charge < -0.3 is 9.84 Å². The first-order valence-electron chi connectivity index (χ1n) is 5.82. The molecule has 0 amide bonds. The van der Waals surface area contributed by atoms with Gasteiger partial charge in [0.15, 0.2) is 0 Å². The van der Waals surface area contributed by atoms with Crippen LogP contribution in [0.2, 0.25) is 0 Å². The molecule has 1 aliphatic rings. The van der Waals surface area contributed by atoms with Gasteiger partial charge in [0, 0.05) is 7.05 Å². The second-order valence-electron chi connectivity index (χ2n) is 4.36. The Kier molecular flexibility index (Phi) is 2.50. The Morgan fingerprint density at radius 2 is 2.10 bits per heavy atom. The van der Waals surface area contributed by atoms with E-state index < -0.39 is 5.69 Å². The molecule has 2 heterocycles. The number of nitrogens with zero attached hydrogens (tertiary/aromatic N) is 2. The number of fused-ring (bicyclic) bond motifs is 1. The van der Waals surface area contributed by atoms with Crippen LogP contribution in [0.1, 0.15) is 16.1 Å². The molecule has 1 aromatic carbocycles. The number of ether oxygens (including phenoxy) is 1. The average molecular weight is 273 g/mol. The normalized spacial score (nSPS) is 13.3. The van der Waals surface area contributed by atoms with Crippen molar-refractivity contribution in [1.82, 2.24) is 9.55 Å². The summed E-state index contributed by atoms with van der Waals surface area (Å²) in [5.74, 6) is -0.186. The fraction of sp³-hybridized carbons (Fsp3) is 0.154. The number of Topliss-reactive ketones (excluding diaryl/α,β-unsaturated/α-hetero) is 1. The first-order valence-corrected chi connectivity index (χ1v) is 5.82. The predicted molar refractivity (Wildman–Crippen MR) is 71.2 cm³/mol. The molecule has 0 fully saturated rings. The number of hydrogen-bond donors (Lipinski definition) is 2. The summed E-state index contributed by atoms with van der Waals surface area (Å²) in [7, 11) is 2.96. The van der Waals surface area contributed by atoms with Crippen molar-refractivity contribution >= 4 is 17.2 Å². The number of aromatic hydroxyl groups is 1. The van der Waals surface area contributed by atoms with Crippen LogP contribution < -0.4 is 10.4 Å². The van der Waals surface area contributed by atoms with Gasteiger partial charge in [0.05, 0.1) is 18.4 Å². The minimum Gasteiger partial charge on any atom is -0.497 e. The van der Waals surface area contributed by atoms with Gasteiger partial charge in [-0.2, -0.15) is 0 Å². The molecule has 1 aliphatic heterocycles. The third-order valence-electron chi connectivity index (χ3n) is 3.21. The van der Waals surface area contributed by atoms with Gasteiger partial charge in [-0.3, -0.25) is 14.3 Å². The quantitative estimate of drug-likeness (QED) is 0.843. The zero-order chi connectivity index (χ0) is 14.4. The number of carbonyl (C=O) groups is 1. The summed E-state index contributed by atoms with van der Waals surface area (Å²) in [6.07, 6.45) is 0. The number of imidazole rings is 1. The highest BCUT2D eigenvalue weighted by molar-refractivity contribution is 6.55. The number of rotatable bonds is 2. The van der Waals surface area contributed by atoms with Crippen LogP contribution in [-0.2, 0) is 7.05 Å². The molecule has 2 aromatic rings. The van der Waals surface area contributed by atoms with Crippen LogP contribution in [0, 0.1) is 0 Å². The molecule has 102 valence electrons. The number of carbonyl (C=O) groups excluding carboxylic acids is 1. The maximum atomic E-state index is 12.4. The van der Waals surface area contributed by atoms with Gasteiger partial charge in [-0.25, -0.2) is 9.79 Å². The van der Waals surface area contributed by atoms with Crippen LogP contribution in [0.5, 0.6) is 11.6 Å². The first kappa shape index (κ1) is 12.2. The van der Waals surface area contributed by atoms with E-state index in [9.17, 15) is 14.7 Å². The molecule has 0 aliphatic carbocycles. The smallest absolute Gasteiger partial charge is 0.328 e. The van der Waals surface area contributed by atoms with Gasteiger partial charge in [-0.1, -0.05) is 0 Å². The lowest BCUT2D eigenvalue weighted by Gasteiger charge is -2.01. The van der Waals surface area contributed by atoms with Gasteiger partial charge in [-0.15, -0.1) is 0 Å². The SMILES string of the molecule is COc1ccc2c(c1)C(=O)C(c1c(O)[nH]c(=O)n1C)=N2. The molecular formula is C13H11N3O4. The van der Waals surface area contributed by atoms with Crippen LogP contribution in [-0.4, -0.2) is 33.3 Å². The van der Waals surface area contributed by atoms with Crippen molar-refractivity contribution in [2.45, 2.75) is 0 Å². The molecule has 0 atom stereocenters. The zero-order valence-electron chi connectivity index (χ0n) is 10.8. The Labute approximate surface area is 113 Å². The molecule has 0 saturated heterocycles. The van der Waals surface area contributed by atoms with Crippen molar-refractivity contribution in [1.29, 1.82) is 0 Å². The van der Waals surface area contributed by atoms with E-state index in [0.717, 1.165) is 4.57 Å². The monoisotopic (exact) mass is 273 g/mol. The van der Waals surface area contributed by atoms with Gasteiger partial charge in [0.1, 0.15) is 17.2 Å². The number of hydrogen-bond acceptors (Lipinski definition) is 5. The molecule has 0 radical (unpaired) electrons. The summed E-state index contributed by atoms with van der Waals surface area (Å²) in [6.45, 7) is 0. The number of aliphatic imine (C=N–C) groups is 1. The summed E-state index contributed by atoms with van der Waals surface area (Å²) in [6, 6.07) is 4.92. The van der Waals surface area contributed by atoms with E-state index in [0.29, 0.717) is 17.0 Å². The molecule has 7 nitrogen and oxygen atoms in total. The van der Waals surface area contributed by atoms with Crippen molar-refractivity contribution < 1.29 is 14.6 Å². The zero-order valence-corrected chi connectivity index (χ0v) is 10.8. The fourth-order valence-electron chi connectivity index (χ4n) is 2.16. The summed E-state index contributed by atoms with van der Waals surface area (Å²) in [4.78, 5) is 30.2. The van der Waals surface area contributed by atoms with Crippen LogP contribution in [0.4, 0.5) is 5.69 Å².